The number of ether oxygens (including phenoxy) is 1. The normalized spacial score (nSPS) is 12.1. The van der Waals surface area contributed by atoms with Gasteiger partial charge in [-0.05, 0) is 42.5 Å². The number of sulfone groups is 1. The third kappa shape index (κ3) is 3.94. The summed E-state index contributed by atoms with van der Waals surface area (Å²) in [6.45, 7) is 0.215. The van der Waals surface area contributed by atoms with E-state index in [9.17, 15) is 13.2 Å². The van der Waals surface area contributed by atoms with E-state index in [1.54, 1.807) is 48.1 Å². The molecule has 0 saturated carbocycles. The second kappa shape index (κ2) is 7.39. The lowest BCUT2D eigenvalue weighted by molar-refractivity contribution is 0.0998. The molecule has 0 atom stereocenters. The second-order valence-corrected chi connectivity index (χ2v) is 8.75. The van der Waals surface area contributed by atoms with Crippen molar-refractivity contribution < 1.29 is 17.9 Å². The van der Waals surface area contributed by atoms with Crippen LogP contribution in [0.2, 0.25) is 0 Å². The highest BCUT2D eigenvalue weighted by Gasteiger charge is 2.13. The first kappa shape index (κ1) is 18.9. The molecule has 3 rings (SSSR count). The SMILES string of the molecule is C#CCn1c(=NC(=O)c2ccc(OC)cc2)sc2cc(S(C)(=O)=O)ccc21. The summed E-state index contributed by atoms with van der Waals surface area (Å²) in [4.78, 5) is 17.3. The van der Waals surface area contributed by atoms with E-state index in [1.807, 2.05) is 0 Å². The molecule has 0 aliphatic carbocycles. The zero-order chi connectivity index (χ0) is 19.6. The largest absolute Gasteiger partial charge is 0.497 e. The highest BCUT2D eigenvalue weighted by atomic mass is 32.2. The van der Waals surface area contributed by atoms with Crippen molar-refractivity contribution in [2.24, 2.45) is 4.99 Å². The number of carbonyl (C=O) groups is 1. The smallest absolute Gasteiger partial charge is 0.279 e. The average Bonchev–Trinajstić information content (AvgIpc) is 2.98. The maximum absolute atomic E-state index is 12.5. The van der Waals surface area contributed by atoms with Crippen LogP contribution in [0.15, 0.2) is 52.4 Å². The van der Waals surface area contributed by atoms with Crippen LogP contribution >= 0.6 is 11.3 Å². The molecule has 0 spiro atoms. The number of hydrogen-bond donors (Lipinski definition) is 0. The van der Waals surface area contributed by atoms with Crippen LogP contribution in [0.1, 0.15) is 10.4 Å². The molecule has 0 unspecified atom stereocenters. The van der Waals surface area contributed by atoms with Gasteiger partial charge in [-0.15, -0.1) is 6.42 Å². The number of nitrogens with zero attached hydrogens (tertiary/aromatic N) is 2. The second-order valence-electron chi connectivity index (χ2n) is 5.72. The molecule has 6 nitrogen and oxygen atoms in total. The lowest BCUT2D eigenvalue weighted by atomic mass is 10.2. The van der Waals surface area contributed by atoms with E-state index in [0.717, 1.165) is 11.8 Å². The fourth-order valence-electron chi connectivity index (χ4n) is 2.50. The van der Waals surface area contributed by atoms with Gasteiger partial charge in [-0.1, -0.05) is 17.3 Å². The monoisotopic (exact) mass is 400 g/mol. The highest BCUT2D eigenvalue weighted by molar-refractivity contribution is 7.90. The molecule has 2 aromatic carbocycles. The Morgan fingerprint density at radius 3 is 2.56 bits per heavy atom. The van der Waals surface area contributed by atoms with Crippen molar-refractivity contribution >= 4 is 37.3 Å². The Kier molecular flexibility index (Phi) is 5.17. The predicted molar refractivity (Wildman–Crippen MR) is 105 cm³/mol. The molecule has 0 radical (unpaired) electrons. The maximum Gasteiger partial charge on any atom is 0.279 e. The number of rotatable bonds is 4. The number of hydrogen-bond acceptors (Lipinski definition) is 5. The van der Waals surface area contributed by atoms with Gasteiger partial charge in [0.1, 0.15) is 5.75 Å². The summed E-state index contributed by atoms with van der Waals surface area (Å²) in [6.07, 6.45) is 6.60. The molecule has 138 valence electrons. The third-order valence-electron chi connectivity index (χ3n) is 3.87. The molecule has 27 heavy (non-hydrogen) atoms. The number of thiazole rings is 1. The first-order valence-electron chi connectivity index (χ1n) is 7.83. The fourth-order valence-corrected chi connectivity index (χ4v) is 4.29. The molecule has 0 aliphatic rings. The number of fused-ring (bicyclic) bond motifs is 1. The number of aromatic nitrogens is 1. The van der Waals surface area contributed by atoms with Crippen molar-refractivity contribution in [1.29, 1.82) is 0 Å². The fraction of sp³-hybridized carbons (Fsp3) is 0.158. The quantitative estimate of drug-likeness (QED) is 0.631. The van der Waals surface area contributed by atoms with Crippen molar-refractivity contribution in [2.75, 3.05) is 13.4 Å². The van der Waals surface area contributed by atoms with Gasteiger partial charge in [-0.3, -0.25) is 4.79 Å². The Morgan fingerprint density at radius 1 is 1.26 bits per heavy atom. The van der Waals surface area contributed by atoms with Crippen LogP contribution in [0.3, 0.4) is 0 Å². The lowest BCUT2D eigenvalue weighted by Crippen LogP contribution is -2.16. The van der Waals surface area contributed by atoms with Crippen molar-refractivity contribution in [3.63, 3.8) is 0 Å². The zero-order valence-electron chi connectivity index (χ0n) is 14.7. The van der Waals surface area contributed by atoms with Crippen LogP contribution in [-0.4, -0.2) is 32.3 Å². The molecule has 0 N–H and O–H groups in total. The number of benzene rings is 2. The highest BCUT2D eigenvalue weighted by Crippen LogP contribution is 2.22. The summed E-state index contributed by atoms with van der Waals surface area (Å²) >= 11 is 1.22. The summed E-state index contributed by atoms with van der Waals surface area (Å²) in [5, 5.41) is 0. The Morgan fingerprint density at radius 2 is 1.96 bits per heavy atom. The predicted octanol–water partition coefficient (Wildman–Crippen LogP) is 2.49. The Bertz CT molecular complexity index is 1230. The molecular formula is C19H16N2O4S2. The van der Waals surface area contributed by atoms with Gasteiger partial charge in [-0.25, -0.2) is 8.42 Å². The minimum atomic E-state index is -3.34. The minimum absolute atomic E-state index is 0.206. The van der Waals surface area contributed by atoms with Gasteiger partial charge in [0.05, 0.1) is 28.8 Å². The zero-order valence-corrected chi connectivity index (χ0v) is 16.3. The van der Waals surface area contributed by atoms with E-state index >= 15 is 0 Å². The molecule has 0 aliphatic heterocycles. The summed E-state index contributed by atoms with van der Waals surface area (Å²) in [6, 6.07) is 11.4. The van der Waals surface area contributed by atoms with Gasteiger partial charge in [-0.2, -0.15) is 4.99 Å². The summed E-state index contributed by atoms with van der Waals surface area (Å²) in [5.74, 6) is 2.76. The van der Waals surface area contributed by atoms with Crippen LogP contribution < -0.4 is 9.54 Å². The van der Waals surface area contributed by atoms with E-state index < -0.39 is 15.7 Å². The number of amides is 1. The lowest BCUT2D eigenvalue weighted by Gasteiger charge is -2.02. The van der Waals surface area contributed by atoms with Gasteiger partial charge in [0.2, 0.25) is 0 Å². The van der Waals surface area contributed by atoms with E-state index in [0.29, 0.717) is 20.8 Å². The molecule has 0 saturated heterocycles. The molecule has 1 heterocycles. The topological polar surface area (TPSA) is 77.7 Å². The van der Waals surface area contributed by atoms with Crippen LogP contribution in [0.5, 0.6) is 5.75 Å². The summed E-state index contributed by atoms with van der Waals surface area (Å²) in [7, 11) is -1.79. The van der Waals surface area contributed by atoms with Gasteiger partial charge >= 0.3 is 0 Å². The molecule has 0 bridgehead atoms. The number of terminal acetylenes is 1. The molecule has 1 amide bonds. The van der Waals surface area contributed by atoms with Crippen LogP contribution in [0.4, 0.5) is 0 Å². The number of methoxy groups -OCH3 is 1. The molecule has 3 aromatic rings. The first-order valence-corrected chi connectivity index (χ1v) is 10.5. The Balaban J connectivity index is 2.13. The number of carbonyl (C=O) groups excluding carboxylic acids is 1. The average molecular weight is 400 g/mol. The summed E-state index contributed by atoms with van der Waals surface area (Å²) in [5.41, 5.74) is 1.14. The van der Waals surface area contributed by atoms with Crippen molar-refractivity contribution in [1.82, 2.24) is 4.57 Å². The Hall–Kier alpha value is -2.89. The molecular weight excluding hydrogens is 384 g/mol. The van der Waals surface area contributed by atoms with Gasteiger partial charge in [0.15, 0.2) is 14.6 Å². The van der Waals surface area contributed by atoms with Gasteiger partial charge < -0.3 is 9.30 Å². The van der Waals surface area contributed by atoms with E-state index in [2.05, 4.69) is 10.9 Å². The van der Waals surface area contributed by atoms with Crippen molar-refractivity contribution in [3.8, 4) is 18.1 Å². The Labute approximate surface area is 160 Å². The van der Waals surface area contributed by atoms with Gasteiger partial charge in [0, 0.05) is 11.8 Å². The minimum Gasteiger partial charge on any atom is -0.497 e. The standard InChI is InChI=1S/C19H16N2O4S2/c1-4-11-21-16-10-9-15(27(3,23)24)12-17(16)26-19(21)20-18(22)13-5-7-14(25-2)8-6-13/h1,5-10,12H,11H2,2-3H3. The summed E-state index contributed by atoms with van der Waals surface area (Å²) < 4.78 is 31.1. The van der Waals surface area contributed by atoms with Gasteiger partial charge in [0.25, 0.3) is 5.91 Å². The van der Waals surface area contributed by atoms with Crippen molar-refractivity contribution in [2.45, 2.75) is 11.4 Å². The van der Waals surface area contributed by atoms with Crippen LogP contribution in [0.25, 0.3) is 10.2 Å². The molecule has 1 aromatic heterocycles. The van der Waals surface area contributed by atoms with E-state index in [-0.39, 0.29) is 11.4 Å². The third-order valence-corrected chi connectivity index (χ3v) is 6.02. The molecule has 0 fully saturated rings. The van der Waals surface area contributed by atoms with E-state index in [4.69, 9.17) is 11.2 Å². The first-order chi connectivity index (χ1) is 12.8. The van der Waals surface area contributed by atoms with Crippen LogP contribution in [0, 0.1) is 12.3 Å². The van der Waals surface area contributed by atoms with Crippen molar-refractivity contribution in [3.05, 3.63) is 52.8 Å². The molecule has 8 heteroatoms. The van der Waals surface area contributed by atoms with Crippen LogP contribution in [-0.2, 0) is 16.4 Å². The van der Waals surface area contributed by atoms with E-state index in [1.165, 1.54) is 17.4 Å². The maximum atomic E-state index is 12.5.